The van der Waals surface area contributed by atoms with Crippen molar-refractivity contribution in [3.05, 3.63) is 0 Å². The third-order valence-corrected chi connectivity index (χ3v) is 9.31. The van der Waals surface area contributed by atoms with Gasteiger partial charge in [0.15, 0.2) is 5.79 Å². The molecule has 2 heterocycles. The Labute approximate surface area is 151 Å². The number of aliphatic hydroxyl groups excluding tert-OH is 1. The Bertz CT molecular complexity index is 554. The molecule has 0 aromatic rings. The minimum atomic E-state index is -0.373. The predicted molar refractivity (Wildman–Crippen MR) is 93.9 cm³/mol. The van der Waals surface area contributed by atoms with Crippen LogP contribution in [-0.4, -0.2) is 42.9 Å². The van der Waals surface area contributed by atoms with Crippen molar-refractivity contribution >= 4 is 0 Å². The van der Waals surface area contributed by atoms with Crippen LogP contribution in [0.5, 0.6) is 0 Å². The van der Waals surface area contributed by atoms with Crippen molar-refractivity contribution < 1.29 is 19.3 Å². The molecule has 0 radical (unpaired) electrons. The smallest absolute Gasteiger partial charge is 0.173 e. The Balaban J connectivity index is 1.50. The Kier molecular flexibility index (Phi) is 3.54. The normalized spacial score (nSPS) is 55.3. The van der Waals surface area contributed by atoms with Crippen molar-refractivity contribution in [2.75, 3.05) is 19.8 Å². The summed E-state index contributed by atoms with van der Waals surface area (Å²) in [5.41, 5.74) is 0.323. The van der Waals surface area contributed by atoms with Gasteiger partial charge >= 0.3 is 0 Å². The molecule has 5 aliphatic rings. The minimum Gasteiger partial charge on any atom is -0.396 e. The van der Waals surface area contributed by atoms with E-state index in [1.54, 1.807) is 0 Å². The molecule has 2 saturated heterocycles. The number of fused-ring (bicyclic) bond motifs is 5. The zero-order valence-corrected chi connectivity index (χ0v) is 16.2. The molecule has 3 aliphatic carbocycles. The van der Waals surface area contributed by atoms with Gasteiger partial charge in [-0.15, -0.1) is 0 Å². The summed E-state index contributed by atoms with van der Waals surface area (Å²) in [5.74, 6) is 2.47. The van der Waals surface area contributed by atoms with Crippen LogP contribution in [0.4, 0.5) is 0 Å². The number of hydrogen-bond donors (Lipinski definition) is 1. The Morgan fingerprint density at radius 1 is 1.00 bits per heavy atom. The van der Waals surface area contributed by atoms with Gasteiger partial charge in [0.1, 0.15) is 0 Å². The van der Waals surface area contributed by atoms with E-state index >= 15 is 0 Å². The lowest BCUT2D eigenvalue weighted by Crippen LogP contribution is -2.64. The third-order valence-electron chi connectivity index (χ3n) is 9.31. The predicted octanol–water partition coefficient (Wildman–Crippen LogP) is 3.22. The summed E-state index contributed by atoms with van der Waals surface area (Å²) in [7, 11) is 0. The van der Waals surface area contributed by atoms with E-state index in [1.807, 2.05) is 0 Å². The lowest BCUT2D eigenvalue weighted by atomic mass is 9.42. The summed E-state index contributed by atoms with van der Waals surface area (Å²) >= 11 is 0. The van der Waals surface area contributed by atoms with Gasteiger partial charge in [0, 0.05) is 24.4 Å². The van der Waals surface area contributed by atoms with Gasteiger partial charge in [0.2, 0.25) is 0 Å². The maximum absolute atomic E-state index is 9.85. The summed E-state index contributed by atoms with van der Waals surface area (Å²) in [4.78, 5) is 0. The maximum atomic E-state index is 9.85. The summed E-state index contributed by atoms with van der Waals surface area (Å²) < 4.78 is 18.7. The molecule has 2 aliphatic heterocycles. The summed E-state index contributed by atoms with van der Waals surface area (Å²) in [5, 5.41) is 9.85. The van der Waals surface area contributed by atoms with E-state index in [2.05, 4.69) is 27.7 Å². The average Bonchev–Trinajstić information content (AvgIpc) is 3.19. The van der Waals surface area contributed by atoms with Gasteiger partial charge < -0.3 is 19.3 Å². The Morgan fingerprint density at radius 2 is 1.72 bits per heavy atom. The third kappa shape index (κ3) is 1.98. The molecule has 5 rings (SSSR count). The summed E-state index contributed by atoms with van der Waals surface area (Å²) in [6, 6.07) is 0. The van der Waals surface area contributed by atoms with Crippen molar-refractivity contribution in [2.24, 2.45) is 40.4 Å². The molecule has 5 fully saturated rings. The van der Waals surface area contributed by atoms with Crippen LogP contribution in [-0.2, 0) is 14.2 Å². The molecule has 3 unspecified atom stereocenters. The zero-order chi connectivity index (χ0) is 17.6. The van der Waals surface area contributed by atoms with Gasteiger partial charge in [-0.25, -0.2) is 0 Å². The number of aliphatic hydroxyl groups is 1. The zero-order valence-electron chi connectivity index (χ0n) is 16.2. The van der Waals surface area contributed by atoms with E-state index in [0.717, 1.165) is 19.6 Å². The molecule has 0 amide bonds. The highest BCUT2D eigenvalue weighted by Gasteiger charge is 2.71. The first-order valence-electron chi connectivity index (χ1n) is 10.4. The first-order valence-corrected chi connectivity index (χ1v) is 10.4. The van der Waals surface area contributed by atoms with Crippen LogP contribution in [0, 0.1) is 40.4 Å². The Morgan fingerprint density at radius 3 is 2.40 bits per heavy atom. The van der Waals surface area contributed by atoms with Crippen molar-refractivity contribution in [3.63, 3.8) is 0 Å². The highest BCUT2D eigenvalue weighted by molar-refractivity contribution is 5.17. The van der Waals surface area contributed by atoms with Crippen LogP contribution in [0.2, 0.25) is 0 Å². The maximum Gasteiger partial charge on any atom is 0.173 e. The van der Waals surface area contributed by atoms with Gasteiger partial charge in [-0.3, -0.25) is 0 Å². The van der Waals surface area contributed by atoms with Crippen LogP contribution < -0.4 is 0 Å². The molecule has 25 heavy (non-hydrogen) atoms. The molecular formula is C21H34O4. The number of hydrogen-bond acceptors (Lipinski definition) is 4. The van der Waals surface area contributed by atoms with Gasteiger partial charge in [0.05, 0.1) is 25.4 Å². The molecule has 0 aromatic heterocycles. The molecule has 1 spiro atoms. The van der Waals surface area contributed by atoms with E-state index < -0.39 is 0 Å². The van der Waals surface area contributed by atoms with E-state index in [-0.39, 0.29) is 17.8 Å². The molecule has 0 bridgehead atoms. The highest BCUT2D eigenvalue weighted by Crippen LogP contribution is 2.70. The summed E-state index contributed by atoms with van der Waals surface area (Å²) in [6.07, 6.45) is 5.36. The summed E-state index contributed by atoms with van der Waals surface area (Å²) in [6.45, 7) is 11.4. The van der Waals surface area contributed by atoms with Gasteiger partial charge in [-0.2, -0.15) is 0 Å². The van der Waals surface area contributed by atoms with Crippen molar-refractivity contribution in [1.29, 1.82) is 0 Å². The molecule has 4 nitrogen and oxygen atoms in total. The topological polar surface area (TPSA) is 51.2 Å². The fourth-order valence-corrected chi connectivity index (χ4v) is 7.97. The van der Waals surface area contributed by atoms with Crippen LogP contribution in [0.3, 0.4) is 0 Å². The van der Waals surface area contributed by atoms with E-state index in [9.17, 15) is 5.11 Å². The van der Waals surface area contributed by atoms with E-state index in [4.69, 9.17) is 14.2 Å². The van der Waals surface area contributed by atoms with Crippen molar-refractivity contribution in [2.45, 2.75) is 71.4 Å². The lowest BCUT2D eigenvalue weighted by molar-refractivity contribution is -0.300. The fourth-order valence-electron chi connectivity index (χ4n) is 7.97. The molecule has 0 aromatic carbocycles. The fraction of sp³-hybridized carbons (Fsp3) is 1.00. The first kappa shape index (κ1) is 17.0. The second-order valence-electron chi connectivity index (χ2n) is 10.3. The largest absolute Gasteiger partial charge is 0.396 e. The van der Waals surface area contributed by atoms with Gasteiger partial charge in [0.25, 0.3) is 0 Å². The van der Waals surface area contributed by atoms with Crippen molar-refractivity contribution in [3.8, 4) is 0 Å². The number of rotatable bonds is 1. The van der Waals surface area contributed by atoms with Crippen LogP contribution in [0.1, 0.15) is 53.4 Å². The molecule has 3 saturated carbocycles. The molecule has 142 valence electrons. The first-order chi connectivity index (χ1) is 11.9. The van der Waals surface area contributed by atoms with Crippen LogP contribution >= 0.6 is 0 Å². The molecular weight excluding hydrogens is 316 g/mol. The van der Waals surface area contributed by atoms with Crippen LogP contribution in [0.15, 0.2) is 0 Å². The second-order valence-corrected chi connectivity index (χ2v) is 10.3. The van der Waals surface area contributed by atoms with Gasteiger partial charge in [-0.1, -0.05) is 27.7 Å². The Hall–Kier alpha value is -0.160. The van der Waals surface area contributed by atoms with E-state index in [1.165, 1.54) is 19.3 Å². The lowest BCUT2D eigenvalue weighted by Gasteiger charge is -2.65. The average molecular weight is 350 g/mol. The number of ether oxygens (including phenoxy) is 3. The highest BCUT2D eigenvalue weighted by atomic mass is 16.7. The number of epoxide rings is 1. The molecule has 8 atom stereocenters. The molecule has 1 N–H and O–H groups in total. The SMILES string of the molecule is C[C@H]1C(CO)C2OC2[C@H]2[C@H]1CC[C@H]1C(C)(C)C3(CC[C@]21C)OCCO3. The van der Waals surface area contributed by atoms with Gasteiger partial charge in [-0.05, 0) is 48.3 Å². The minimum absolute atomic E-state index is 0.0307. The quantitative estimate of drug-likeness (QED) is 0.738. The molecule has 4 heteroatoms. The standard InChI is InChI=1S/C21H34O4/c1-12-13-5-6-15-19(2,3)21(23-9-10-24-21)8-7-20(15,4)16(13)18-17(25-18)14(12)11-22/h12-18,22H,5-11H2,1-4H3/t12-,13+,14?,15+,16-,17?,18?,20+/m1/s1. The van der Waals surface area contributed by atoms with Crippen molar-refractivity contribution in [1.82, 2.24) is 0 Å². The monoisotopic (exact) mass is 350 g/mol. The second kappa shape index (κ2) is 5.21. The van der Waals surface area contributed by atoms with Crippen LogP contribution in [0.25, 0.3) is 0 Å². The van der Waals surface area contributed by atoms with E-state index in [0.29, 0.717) is 47.2 Å².